The topological polar surface area (TPSA) is 89.7 Å². The van der Waals surface area contributed by atoms with Gasteiger partial charge in [-0.2, -0.15) is 0 Å². The van der Waals surface area contributed by atoms with E-state index in [0.29, 0.717) is 11.6 Å². The maximum Gasteiger partial charge on any atom is 0.307 e. The molecule has 2 amide bonds. The van der Waals surface area contributed by atoms with E-state index in [1.165, 1.54) is 11.2 Å². The molecule has 1 aromatic carbocycles. The Labute approximate surface area is 162 Å². The smallest absolute Gasteiger partial charge is 0.307 e. The van der Waals surface area contributed by atoms with E-state index in [4.69, 9.17) is 9.15 Å². The Hall–Kier alpha value is -2.96. The van der Waals surface area contributed by atoms with Crippen LogP contribution in [0.4, 0.5) is 0 Å². The van der Waals surface area contributed by atoms with E-state index >= 15 is 0 Å². The predicted octanol–water partition coefficient (Wildman–Crippen LogP) is 2.95. The molecule has 0 N–H and O–H groups in total. The SMILES string of the molecule is O=C(CCN1C(=O)[C@H]2CCCC[C@H]2C1=O)OCc1coc(-c2ccccc2)n1. The number of carbonyl (C=O) groups excluding carboxylic acids is 3. The second-order valence-electron chi connectivity index (χ2n) is 7.25. The van der Waals surface area contributed by atoms with E-state index in [-0.39, 0.29) is 43.2 Å². The third-order valence-electron chi connectivity index (χ3n) is 5.43. The predicted molar refractivity (Wildman–Crippen MR) is 98.5 cm³/mol. The average molecular weight is 382 g/mol. The number of aromatic nitrogens is 1. The van der Waals surface area contributed by atoms with E-state index in [1.807, 2.05) is 30.3 Å². The quantitative estimate of drug-likeness (QED) is 0.564. The van der Waals surface area contributed by atoms with Gasteiger partial charge >= 0.3 is 5.97 Å². The molecule has 2 aromatic rings. The number of likely N-dealkylation sites (tertiary alicyclic amines) is 1. The number of esters is 1. The van der Waals surface area contributed by atoms with E-state index in [0.717, 1.165) is 31.2 Å². The summed E-state index contributed by atoms with van der Waals surface area (Å²) < 4.78 is 10.6. The van der Waals surface area contributed by atoms with Gasteiger partial charge in [-0.15, -0.1) is 0 Å². The number of benzene rings is 1. The van der Waals surface area contributed by atoms with Crippen molar-refractivity contribution in [3.8, 4) is 11.5 Å². The van der Waals surface area contributed by atoms with Crippen molar-refractivity contribution in [2.45, 2.75) is 38.7 Å². The molecule has 28 heavy (non-hydrogen) atoms. The van der Waals surface area contributed by atoms with Gasteiger partial charge < -0.3 is 9.15 Å². The number of amides is 2. The lowest BCUT2D eigenvalue weighted by molar-refractivity contribution is -0.146. The Morgan fingerprint density at radius 3 is 2.46 bits per heavy atom. The van der Waals surface area contributed by atoms with Crippen molar-refractivity contribution in [2.75, 3.05) is 6.54 Å². The minimum absolute atomic E-state index is 0.0116. The van der Waals surface area contributed by atoms with Crippen LogP contribution in [-0.2, 0) is 25.7 Å². The highest BCUT2D eigenvalue weighted by molar-refractivity contribution is 6.05. The Morgan fingerprint density at radius 2 is 1.79 bits per heavy atom. The fourth-order valence-corrected chi connectivity index (χ4v) is 3.97. The summed E-state index contributed by atoms with van der Waals surface area (Å²) in [6.07, 6.45) is 4.95. The molecule has 2 aliphatic rings. The largest absolute Gasteiger partial charge is 0.459 e. The standard InChI is InChI=1S/C21H22N2O5/c24-18(10-11-23-20(25)16-8-4-5-9-17(16)21(23)26)27-12-15-13-28-19(22-15)14-6-2-1-3-7-14/h1-3,6-7,13,16-17H,4-5,8-12H2/t16-,17+. The molecule has 1 aromatic heterocycles. The maximum atomic E-state index is 12.4. The van der Waals surface area contributed by atoms with Crippen molar-refractivity contribution >= 4 is 17.8 Å². The maximum absolute atomic E-state index is 12.4. The minimum atomic E-state index is -0.472. The van der Waals surface area contributed by atoms with Crippen LogP contribution in [0.1, 0.15) is 37.8 Å². The molecule has 0 spiro atoms. The van der Waals surface area contributed by atoms with E-state index < -0.39 is 5.97 Å². The highest BCUT2D eigenvalue weighted by Gasteiger charge is 2.47. The molecule has 2 heterocycles. The second-order valence-corrected chi connectivity index (χ2v) is 7.25. The number of carbonyl (C=O) groups is 3. The number of hydrogen-bond donors (Lipinski definition) is 0. The first-order valence-electron chi connectivity index (χ1n) is 9.64. The number of ether oxygens (including phenoxy) is 1. The molecular formula is C21H22N2O5. The zero-order valence-corrected chi connectivity index (χ0v) is 15.5. The molecule has 1 aliphatic heterocycles. The van der Waals surface area contributed by atoms with Gasteiger partial charge in [0.05, 0.1) is 18.3 Å². The van der Waals surface area contributed by atoms with Gasteiger partial charge in [0.1, 0.15) is 18.6 Å². The van der Waals surface area contributed by atoms with Crippen LogP contribution >= 0.6 is 0 Å². The summed E-state index contributed by atoms with van der Waals surface area (Å²) in [6.45, 7) is 0.0693. The lowest BCUT2D eigenvalue weighted by Gasteiger charge is -2.19. The first-order valence-corrected chi connectivity index (χ1v) is 9.64. The molecule has 146 valence electrons. The van der Waals surface area contributed by atoms with Crippen molar-refractivity contribution in [1.82, 2.24) is 9.88 Å². The molecule has 2 atom stereocenters. The molecule has 0 unspecified atom stereocenters. The number of hydrogen-bond acceptors (Lipinski definition) is 6. The Balaban J connectivity index is 1.27. The van der Waals surface area contributed by atoms with Gasteiger partial charge in [-0.1, -0.05) is 31.0 Å². The molecule has 0 radical (unpaired) electrons. The van der Waals surface area contributed by atoms with Crippen molar-refractivity contribution in [1.29, 1.82) is 0 Å². The van der Waals surface area contributed by atoms with Crippen LogP contribution in [-0.4, -0.2) is 34.2 Å². The van der Waals surface area contributed by atoms with Gasteiger partial charge in [0.2, 0.25) is 17.7 Å². The molecule has 7 nitrogen and oxygen atoms in total. The fourth-order valence-electron chi connectivity index (χ4n) is 3.97. The summed E-state index contributed by atoms with van der Waals surface area (Å²) >= 11 is 0. The van der Waals surface area contributed by atoms with Crippen LogP contribution in [0.15, 0.2) is 41.0 Å². The summed E-state index contributed by atoms with van der Waals surface area (Å²) in [6, 6.07) is 9.43. The lowest BCUT2D eigenvalue weighted by atomic mass is 9.81. The number of oxazole rings is 1. The van der Waals surface area contributed by atoms with Crippen LogP contribution in [0.5, 0.6) is 0 Å². The minimum Gasteiger partial charge on any atom is -0.459 e. The normalized spacial score (nSPS) is 21.6. The van der Waals surface area contributed by atoms with Gasteiger partial charge in [-0.25, -0.2) is 4.98 Å². The summed E-state index contributed by atoms with van der Waals surface area (Å²) in [7, 11) is 0. The van der Waals surface area contributed by atoms with Crippen molar-refractivity contribution in [3.63, 3.8) is 0 Å². The van der Waals surface area contributed by atoms with Gasteiger partial charge in [0.15, 0.2) is 0 Å². The zero-order chi connectivity index (χ0) is 19.5. The lowest BCUT2D eigenvalue weighted by Crippen LogP contribution is -2.33. The van der Waals surface area contributed by atoms with Crippen molar-refractivity contribution < 1.29 is 23.5 Å². The Kier molecular flexibility index (Phi) is 5.23. The zero-order valence-electron chi connectivity index (χ0n) is 15.5. The highest BCUT2D eigenvalue weighted by Crippen LogP contribution is 2.37. The monoisotopic (exact) mass is 382 g/mol. The molecule has 1 saturated heterocycles. The molecule has 2 fully saturated rings. The van der Waals surface area contributed by atoms with E-state index in [1.54, 1.807) is 0 Å². The van der Waals surface area contributed by atoms with E-state index in [2.05, 4.69) is 4.98 Å². The van der Waals surface area contributed by atoms with Crippen molar-refractivity contribution in [3.05, 3.63) is 42.3 Å². The highest BCUT2D eigenvalue weighted by atomic mass is 16.5. The van der Waals surface area contributed by atoms with Crippen LogP contribution in [0, 0.1) is 11.8 Å². The summed E-state index contributed by atoms with van der Waals surface area (Å²) in [4.78, 5) is 42.4. The van der Waals surface area contributed by atoms with Gasteiger partial charge in [0, 0.05) is 12.1 Å². The molecule has 7 heteroatoms. The van der Waals surface area contributed by atoms with E-state index in [9.17, 15) is 14.4 Å². The van der Waals surface area contributed by atoms with Crippen LogP contribution in [0.3, 0.4) is 0 Å². The van der Waals surface area contributed by atoms with Crippen LogP contribution in [0.25, 0.3) is 11.5 Å². The van der Waals surface area contributed by atoms with Crippen molar-refractivity contribution in [2.24, 2.45) is 11.8 Å². The summed E-state index contributed by atoms with van der Waals surface area (Å²) in [5, 5.41) is 0. The number of nitrogens with zero attached hydrogens (tertiary/aromatic N) is 2. The third kappa shape index (κ3) is 3.69. The molecule has 4 rings (SSSR count). The molecule has 0 bridgehead atoms. The Bertz CT molecular complexity index is 852. The number of fused-ring (bicyclic) bond motifs is 1. The summed E-state index contributed by atoms with van der Waals surface area (Å²) in [5.41, 5.74) is 1.35. The first-order chi connectivity index (χ1) is 13.6. The first kappa shape index (κ1) is 18.4. The van der Waals surface area contributed by atoms with Gasteiger partial charge in [-0.05, 0) is 25.0 Å². The fraction of sp³-hybridized carbons (Fsp3) is 0.429. The van der Waals surface area contributed by atoms with Crippen LogP contribution in [0.2, 0.25) is 0 Å². The molecule has 1 aliphatic carbocycles. The Morgan fingerprint density at radius 1 is 1.11 bits per heavy atom. The second kappa shape index (κ2) is 7.96. The molecular weight excluding hydrogens is 360 g/mol. The number of rotatable bonds is 6. The number of imide groups is 1. The van der Waals surface area contributed by atoms with Crippen LogP contribution < -0.4 is 0 Å². The summed E-state index contributed by atoms with van der Waals surface area (Å²) in [5.74, 6) is -0.659. The third-order valence-corrected chi connectivity index (χ3v) is 5.43. The average Bonchev–Trinajstić information content (AvgIpc) is 3.30. The molecule has 1 saturated carbocycles. The van der Waals surface area contributed by atoms with Gasteiger partial charge in [0.25, 0.3) is 0 Å². The van der Waals surface area contributed by atoms with Gasteiger partial charge in [-0.3, -0.25) is 19.3 Å².